The molecule has 0 fully saturated rings. The Labute approximate surface area is 170 Å². The zero-order valence-corrected chi connectivity index (χ0v) is 16.1. The van der Waals surface area contributed by atoms with Gasteiger partial charge in [0.05, 0.1) is 12.0 Å². The van der Waals surface area contributed by atoms with Crippen molar-refractivity contribution in [3.8, 4) is 28.7 Å². The van der Waals surface area contributed by atoms with Crippen LogP contribution in [0.1, 0.15) is 6.92 Å². The van der Waals surface area contributed by atoms with E-state index in [9.17, 15) is 9.59 Å². The van der Waals surface area contributed by atoms with Gasteiger partial charge in [0.1, 0.15) is 16.9 Å². The van der Waals surface area contributed by atoms with Gasteiger partial charge < -0.3 is 9.73 Å². The number of aromatic nitrogens is 4. The second-order valence-corrected chi connectivity index (χ2v) is 6.88. The number of benzene rings is 1. The van der Waals surface area contributed by atoms with Gasteiger partial charge in [-0.1, -0.05) is 30.3 Å². The van der Waals surface area contributed by atoms with Crippen molar-refractivity contribution in [2.24, 2.45) is 0 Å². The fourth-order valence-corrected chi connectivity index (χ4v) is 2.76. The first kappa shape index (κ1) is 18.7. The smallest absolute Gasteiger partial charge is 0.252 e. The number of hydrogen-bond acceptors (Lipinski definition) is 5. The summed E-state index contributed by atoms with van der Waals surface area (Å²) in [6, 6.07) is 15.8. The standard InChI is InChI=1S/C20H16ClN5O3/c1-12(21)19(28)23-17-10-15(16-8-5-9-29-16)25-26(17)20-22-14(11-18(27)24-20)13-6-3-2-4-7-13/h2-12H,1H3,(H,23,28)(H,22,24,27). The van der Waals surface area contributed by atoms with Crippen LogP contribution < -0.4 is 10.9 Å². The van der Waals surface area contributed by atoms with Crippen molar-refractivity contribution in [3.05, 3.63) is 71.2 Å². The SMILES string of the molecule is CC(Cl)C(=O)Nc1cc(-c2ccco2)nn1-c1nc(-c2ccccc2)cc(=O)[nH]1. The Morgan fingerprint density at radius 2 is 1.97 bits per heavy atom. The van der Waals surface area contributed by atoms with Crippen LogP contribution in [0.25, 0.3) is 28.7 Å². The molecule has 1 unspecified atom stereocenters. The minimum atomic E-state index is -0.756. The van der Waals surface area contributed by atoms with E-state index in [4.69, 9.17) is 16.0 Å². The number of nitrogens with zero attached hydrogens (tertiary/aromatic N) is 3. The molecule has 9 heteroatoms. The Kier molecular flexibility index (Phi) is 5.01. The number of carbonyl (C=O) groups excluding carboxylic acids is 1. The Morgan fingerprint density at radius 3 is 2.66 bits per heavy atom. The van der Waals surface area contributed by atoms with Crippen LogP contribution in [-0.4, -0.2) is 31.0 Å². The van der Waals surface area contributed by atoms with E-state index in [2.05, 4.69) is 20.4 Å². The molecular weight excluding hydrogens is 394 g/mol. The molecule has 0 saturated heterocycles. The van der Waals surface area contributed by atoms with E-state index in [1.54, 1.807) is 25.1 Å². The van der Waals surface area contributed by atoms with Gasteiger partial charge in [0.15, 0.2) is 5.76 Å². The summed E-state index contributed by atoms with van der Waals surface area (Å²) < 4.78 is 6.72. The molecule has 2 N–H and O–H groups in total. The molecule has 1 amide bonds. The molecule has 0 aliphatic carbocycles. The van der Waals surface area contributed by atoms with Crippen molar-refractivity contribution < 1.29 is 9.21 Å². The summed E-state index contributed by atoms with van der Waals surface area (Å²) in [6.45, 7) is 1.56. The molecule has 0 aliphatic rings. The van der Waals surface area contributed by atoms with Crippen molar-refractivity contribution in [2.75, 3.05) is 5.32 Å². The zero-order chi connectivity index (χ0) is 20.4. The molecule has 0 saturated carbocycles. The maximum Gasteiger partial charge on any atom is 0.252 e. The number of hydrogen-bond donors (Lipinski definition) is 2. The Morgan fingerprint density at radius 1 is 1.17 bits per heavy atom. The number of carbonyl (C=O) groups is 1. The van der Waals surface area contributed by atoms with Gasteiger partial charge in [-0.05, 0) is 19.1 Å². The number of furan rings is 1. The van der Waals surface area contributed by atoms with Crippen molar-refractivity contribution in [1.29, 1.82) is 0 Å². The molecule has 4 rings (SSSR count). The van der Waals surface area contributed by atoms with Crippen molar-refractivity contribution in [1.82, 2.24) is 19.7 Å². The van der Waals surface area contributed by atoms with Crippen LogP contribution in [0.2, 0.25) is 0 Å². The summed E-state index contributed by atoms with van der Waals surface area (Å²) in [7, 11) is 0. The molecular formula is C20H16ClN5O3. The highest BCUT2D eigenvalue weighted by atomic mass is 35.5. The monoisotopic (exact) mass is 409 g/mol. The van der Waals surface area contributed by atoms with E-state index in [-0.39, 0.29) is 11.5 Å². The van der Waals surface area contributed by atoms with Gasteiger partial charge in [0, 0.05) is 17.7 Å². The quantitative estimate of drug-likeness (QED) is 0.491. The minimum absolute atomic E-state index is 0.145. The second kappa shape index (κ2) is 7.76. The highest BCUT2D eigenvalue weighted by Crippen LogP contribution is 2.25. The molecule has 3 heterocycles. The van der Waals surface area contributed by atoms with Gasteiger partial charge in [-0.15, -0.1) is 11.6 Å². The second-order valence-electron chi connectivity index (χ2n) is 6.23. The number of H-pyrrole nitrogens is 1. The van der Waals surface area contributed by atoms with Crippen LogP contribution in [0.3, 0.4) is 0 Å². The summed E-state index contributed by atoms with van der Waals surface area (Å²) in [4.78, 5) is 31.6. The van der Waals surface area contributed by atoms with Gasteiger partial charge in [-0.2, -0.15) is 9.78 Å². The van der Waals surface area contributed by atoms with Gasteiger partial charge in [-0.25, -0.2) is 4.98 Å². The first-order valence-electron chi connectivity index (χ1n) is 8.77. The van der Waals surface area contributed by atoms with Gasteiger partial charge in [-0.3, -0.25) is 14.6 Å². The van der Waals surface area contributed by atoms with Crippen LogP contribution in [0.4, 0.5) is 5.82 Å². The maximum atomic E-state index is 12.3. The number of rotatable bonds is 5. The molecule has 29 heavy (non-hydrogen) atoms. The highest BCUT2D eigenvalue weighted by molar-refractivity contribution is 6.32. The predicted octanol–water partition coefficient (Wildman–Crippen LogP) is 3.45. The first-order chi connectivity index (χ1) is 14.0. The maximum absolute atomic E-state index is 12.3. The Bertz CT molecular complexity index is 1200. The average molecular weight is 410 g/mol. The lowest BCUT2D eigenvalue weighted by Gasteiger charge is -2.10. The fourth-order valence-electron chi connectivity index (χ4n) is 2.70. The third-order valence-electron chi connectivity index (χ3n) is 4.09. The Balaban J connectivity index is 1.84. The molecule has 0 bridgehead atoms. The predicted molar refractivity (Wildman–Crippen MR) is 109 cm³/mol. The van der Waals surface area contributed by atoms with E-state index in [0.717, 1.165) is 5.56 Å². The molecule has 1 atom stereocenters. The zero-order valence-electron chi connectivity index (χ0n) is 15.3. The van der Waals surface area contributed by atoms with E-state index in [0.29, 0.717) is 23.0 Å². The van der Waals surface area contributed by atoms with Crippen LogP contribution in [-0.2, 0) is 4.79 Å². The van der Waals surface area contributed by atoms with E-state index >= 15 is 0 Å². The molecule has 3 aromatic heterocycles. The number of aromatic amines is 1. The third kappa shape index (κ3) is 3.97. The summed E-state index contributed by atoms with van der Waals surface area (Å²) in [5, 5.41) is 6.38. The highest BCUT2D eigenvalue weighted by Gasteiger charge is 2.19. The van der Waals surface area contributed by atoms with Gasteiger partial charge in [0.25, 0.3) is 5.56 Å². The molecule has 8 nitrogen and oxygen atoms in total. The lowest BCUT2D eigenvalue weighted by molar-refractivity contribution is -0.115. The number of anilines is 1. The topological polar surface area (TPSA) is 106 Å². The normalized spacial score (nSPS) is 11.9. The van der Waals surface area contributed by atoms with E-state index in [1.807, 2.05) is 30.3 Å². The minimum Gasteiger partial charge on any atom is -0.463 e. The average Bonchev–Trinajstić information content (AvgIpc) is 3.38. The van der Waals surface area contributed by atoms with E-state index in [1.165, 1.54) is 17.0 Å². The molecule has 0 aliphatic heterocycles. The van der Waals surface area contributed by atoms with Gasteiger partial charge in [0.2, 0.25) is 11.9 Å². The number of alkyl halides is 1. The van der Waals surface area contributed by atoms with Crippen LogP contribution in [0.15, 0.2) is 70.1 Å². The molecule has 0 spiro atoms. The molecule has 0 radical (unpaired) electrons. The van der Waals surface area contributed by atoms with Crippen molar-refractivity contribution >= 4 is 23.3 Å². The van der Waals surface area contributed by atoms with Crippen molar-refractivity contribution in [2.45, 2.75) is 12.3 Å². The number of nitrogens with one attached hydrogen (secondary N) is 2. The summed E-state index contributed by atoms with van der Waals surface area (Å²) in [6.07, 6.45) is 1.52. The molecule has 4 aromatic rings. The Hall–Kier alpha value is -3.65. The third-order valence-corrected chi connectivity index (χ3v) is 4.29. The first-order valence-corrected chi connectivity index (χ1v) is 9.21. The molecule has 1 aromatic carbocycles. The lowest BCUT2D eigenvalue weighted by Crippen LogP contribution is -2.23. The van der Waals surface area contributed by atoms with Gasteiger partial charge >= 0.3 is 0 Å². The number of halogens is 1. The summed E-state index contributed by atoms with van der Waals surface area (Å²) in [5.41, 5.74) is 1.35. The van der Waals surface area contributed by atoms with Crippen molar-refractivity contribution in [3.63, 3.8) is 0 Å². The number of amides is 1. The fraction of sp³-hybridized carbons (Fsp3) is 0.100. The lowest BCUT2D eigenvalue weighted by atomic mass is 10.1. The summed E-state index contributed by atoms with van der Waals surface area (Å²) in [5.74, 6) is 0.522. The molecule has 146 valence electrons. The van der Waals surface area contributed by atoms with Crippen LogP contribution >= 0.6 is 11.6 Å². The largest absolute Gasteiger partial charge is 0.463 e. The van der Waals surface area contributed by atoms with E-state index < -0.39 is 11.3 Å². The van der Waals surface area contributed by atoms with Crippen LogP contribution in [0, 0.1) is 0 Å². The summed E-state index contributed by atoms with van der Waals surface area (Å²) >= 11 is 5.88. The van der Waals surface area contributed by atoms with Crippen LogP contribution in [0.5, 0.6) is 0 Å².